The van der Waals surface area contributed by atoms with Gasteiger partial charge in [-0.25, -0.2) is 0 Å². The van der Waals surface area contributed by atoms with Crippen LogP contribution in [0.15, 0.2) is 30.3 Å². The van der Waals surface area contributed by atoms with Crippen molar-refractivity contribution < 1.29 is 4.74 Å². The predicted molar refractivity (Wildman–Crippen MR) is 79.8 cm³/mol. The van der Waals surface area contributed by atoms with Gasteiger partial charge in [-0.1, -0.05) is 56.2 Å². The van der Waals surface area contributed by atoms with Gasteiger partial charge in [-0.3, -0.25) is 0 Å². The number of rotatable bonds is 8. The van der Waals surface area contributed by atoms with Crippen LogP contribution in [0.25, 0.3) is 6.08 Å². The number of ether oxygens (including phenoxy) is 1. The average Bonchev–Trinajstić information content (AvgIpc) is 2.36. The van der Waals surface area contributed by atoms with E-state index >= 15 is 0 Å². The molecule has 0 saturated carbocycles. The van der Waals surface area contributed by atoms with E-state index in [4.69, 9.17) is 4.74 Å². The van der Waals surface area contributed by atoms with E-state index in [2.05, 4.69) is 57.2 Å². The van der Waals surface area contributed by atoms with Gasteiger partial charge in [-0.05, 0) is 37.8 Å². The van der Waals surface area contributed by atoms with E-state index in [1.165, 1.54) is 36.8 Å². The van der Waals surface area contributed by atoms with E-state index in [1.54, 1.807) is 0 Å². The summed E-state index contributed by atoms with van der Waals surface area (Å²) in [4.78, 5) is 0. The quantitative estimate of drug-likeness (QED) is 0.595. The van der Waals surface area contributed by atoms with Crippen LogP contribution in [0.5, 0.6) is 0 Å². The first-order valence-electron chi connectivity index (χ1n) is 7.09. The summed E-state index contributed by atoms with van der Waals surface area (Å²) >= 11 is 0. The minimum Gasteiger partial charge on any atom is -0.375 e. The molecule has 0 N–H and O–H groups in total. The van der Waals surface area contributed by atoms with Gasteiger partial charge in [0.25, 0.3) is 0 Å². The molecule has 0 saturated heterocycles. The van der Waals surface area contributed by atoms with Gasteiger partial charge < -0.3 is 4.74 Å². The highest BCUT2D eigenvalue weighted by atomic mass is 16.5. The van der Waals surface area contributed by atoms with Gasteiger partial charge in [-0.2, -0.15) is 0 Å². The Morgan fingerprint density at radius 3 is 2.44 bits per heavy atom. The molecule has 1 nitrogen and oxygen atoms in total. The van der Waals surface area contributed by atoms with E-state index < -0.39 is 0 Å². The lowest BCUT2D eigenvalue weighted by molar-refractivity contribution is 0.103. The molecule has 0 amide bonds. The third kappa shape index (κ3) is 6.61. The maximum Gasteiger partial charge on any atom is 0.0654 e. The summed E-state index contributed by atoms with van der Waals surface area (Å²) in [7, 11) is 0. The highest BCUT2D eigenvalue weighted by molar-refractivity contribution is 5.49. The standard InChI is InChI=1S/C17H26O/c1-4-5-6-8-16-10-12-17(13-11-16)9-7-14-18-15(2)3/h7,9-13,15H,4-6,8,14H2,1-3H3/b9-7+. The molecule has 1 aromatic rings. The molecule has 0 heterocycles. The van der Waals surface area contributed by atoms with E-state index in [9.17, 15) is 0 Å². The van der Waals surface area contributed by atoms with Gasteiger partial charge >= 0.3 is 0 Å². The largest absolute Gasteiger partial charge is 0.375 e. The Morgan fingerprint density at radius 1 is 1.11 bits per heavy atom. The molecular weight excluding hydrogens is 220 g/mol. The molecule has 0 aliphatic heterocycles. The van der Waals surface area contributed by atoms with Crippen molar-refractivity contribution in [1.82, 2.24) is 0 Å². The van der Waals surface area contributed by atoms with Crippen molar-refractivity contribution >= 4 is 6.08 Å². The Morgan fingerprint density at radius 2 is 1.83 bits per heavy atom. The van der Waals surface area contributed by atoms with Crippen LogP contribution >= 0.6 is 0 Å². The Hall–Kier alpha value is -1.08. The van der Waals surface area contributed by atoms with E-state index in [0.29, 0.717) is 12.7 Å². The molecule has 0 aliphatic carbocycles. The lowest BCUT2D eigenvalue weighted by atomic mass is 10.1. The highest BCUT2D eigenvalue weighted by Gasteiger charge is 1.93. The summed E-state index contributed by atoms with van der Waals surface area (Å²) in [5, 5.41) is 0. The summed E-state index contributed by atoms with van der Waals surface area (Å²) in [6.07, 6.45) is 9.62. The molecule has 0 spiro atoms. The molecule has 0 fully saturated rings. The zero-order chi connectivity index (χ0) is 13.2. The molecule has 18 heavy (non-hydrogen) atoms. The first-order valence-corrected chi connectivity index (χ1v) is 7.09. The molecular formula is C17H26O. The van der Waals surface area contributed by atoms with E-state index in [-0.39, 0.29) is 0 Å². The van der Waals surface area contributed by atoms with Crippen LogP contribution in [0, 0.1) is 0 Å². The molecule has 0 bridgehead atoms. The van der Waals surface area contributed by atoms with Crippen LogP contribution in [0.1, 0.15) is 51.2 Å². The van der Waals surface area contributed by atoms with Gasteiger partial charge in [0.15, 0.2) is 0 Å². The monoisotopic (exact) mass is 246 g/mol. The molecule has 100 valence electrons. The second-order valence-electron chi connectivity index (χ2n) is 4.98. The number of hydrogen-bond acceptors (Lipinski definition) is 1. The molecule has 1 rings (SSSR count). The van der Waals surface area contributed by atoms with Crippen LogP contribution in [-0.4, -0.2) is 12.7 Å². The molecule has 1 heteroatoms. The van der Waals surface area contributed by atoms with E-state index in [0.717, 1.165) is 0 Å². The first-order chi connectivity index (χ1) is 8.72. The summed E-state index contributed by atoms with van der Waals surface area (Å²) in [6.45, 7) is 7.04. The topological polar surface area (TPSA) is 9.23 Å². The number of benzene rings is 1. The first kappa shape index (κ1) is 15.0. The minimum absolute atomic E-state index is 0.301. The fourth-order valence-corrected chi connectivity index (χ4v) is 1.81. The number of unbranched alkanes of at least 4 members (excludes halogenated alkanes) is 2. The smallest absolute Gasteiger partial charge is 0.0654 e. The van der Waals surface area contributed by atoms with Crippen LogP contribution in [-0.2, 0) is 11.2 Å². The summed E-state index contributed by atoms with van der Waals surface area (Å²) in [6, 6.07) is 8.84. The zero-order valence-electron chi connectivity index (χ0n) is 12.0. The van der Waals surface area contributed by atoms with Gasteiger partial charge in [0.2, 0.25) is 0 Å². The van der Waals surface area contributed by atoms with Gasteiger partial charge in [0.1, 0.15) is 0 Å². The Labute approximate surface area is 112 Å². The van der Waals surface area contributed by atoms with Crippen molar-refractivity contribution in [2.45, 2.75) is 52.6 Å². The molecule has 0 aromatic heterocycles. The summed E-state index contributed by atoms with van der Waals surface area (Å²) in [5.41, 5.74) is 2.70. The fraction of sp³-hybridized carbons (Fsp3) is 0.529. The van der Waals surface area contributed by atoms with Gasteiger partial charge in [0, 0.05) is 0 Å². The zero-order valence-corrected chi connectivity index (χ0v) is 12.0. The van der Waals surface area contributed by atoms with Crippen molar-refractivity contribution in [2.24, 2.45) is 0 Å². The SMILES string of the molecule is CCCCCc1ccc(/C=C/COC(C)C)cc1. The van der Waals surface area contributed by atoms with Crippen LogP contribution in [0.4, 0.5) is 0 Å². The van der Waals surface area contributed by atoms with Gasteiger partial charge in [0.05, 0.1) is 12.7 Å². The van der Waals surface area contributed by atoms with Crippen LogP contribution < -0.4 is 0 Å². The highest BCUT2D eigenvalue weighted by Crippen LogP contribution is 2.10. The van der Waals surface area contributed by atoms with Crippen molar-refractivity contribution in [3.63, 3.8) is 0 Å². The van der Waals surface area contributed by atoms with Crippen molar-refractivity contribution in [3.8, 4) is 0 Å². The lowest BCUT2D eigenvalue weighted by Gasteiger charge is -2.03. The van der Waals surface area contributed by atoms with Crippen molar-refractivity contribution in [3.05, 3.63) is 41.5 Å². The summed E-state index contributed by atoms with van der Waals surface area (Å²) < 4.78 is 5.47. The minimum atomic E-state index is 0.301. The maximum absolute atomic E-state index is 5.47. The Kier molecular flexibility index (Phi) is 7.43. The van der Waals surface area contributed by atoms with Gasteiger partial charge in [-0.15, -0.1) is 0 Å². The molecule has 0 radical (unpaired) electrons. The number of aryl methyl sites for hydroxylation is 1. The lowest BCUT2D eigenvalue weighted by Crippen LogP contribution is -2.01. The van der Waals surface area contributed by atoms with E-state index in [1.807, 2.05) is 0 Å². The maximum atomic E-state index is 5.47. The molecule has 0 unspecified atom stereocenters. The van der Waals surface area contributed by atoms with Crippen molar-refractivity contribution in [1.29, 1.82) is 0 Å². The third-order valence-electron chi connectivity index (χ3n) is 2.88. The summed E-state index contributed by atoms with van der Waals surface area (Å²) in [5.74, 6) is 0. The molecule has 0 aliphatic rings. The Bertz CT molecular complexity index is 335. The second-order valence-corrected chi connectivity index (χ2v) is 4.98. The normalized spacial score (nSPS) is 11.6. The molecule has 1 aromatic carbocycles. The van der Waals surface area contributed by atoms with Crippen molar-refractivity contribution in [2.75, 3.05) is 6.61 Å². The second kappa shape index (κ2) is 8.93. The third-order valence-corrected chi connectivity index (χ3v) is 2.88. The van der Waals surface area contributed by atoms with Crippen LogP contribution in [0.3, 0.4) is 0 Å². The molecule has 0 atom stereocenters. The van der Waals surface area contributed by atoms with Crippen LogP contribution in [0.2, 0.25) is 0 Å². The number of hydrogen-bond donors (Lipinski definition) is 0. The Balaban J connectivity index is 2.35. The fourth-order valence-electron chi connectivity index (χ4n) is 1.81. The predicted octanol–water partition coefficient (Wildman–Crippen LogP) is 4.86. The average molecular weight is 246 g/mol.